The molecule has 0 aliphatic rings. The molecule has 0 rings (SSSR count). The van der Waals surface area contributed by atoms with Crippen LogP contribution in [0.1, 0.15) is 25.7 Å². The summed E-state index contributed by atoms with van der Waals surface area (Å²) in [5.74, 6) is -1.58. The van der Waals surface area contributed by atoms with Crippen molar-refractivity contribution in [2.45, 2.75) is 25.7 Å². The molecule has 0 aromatic carbocycles. The molecule has 2 amide bonds. The van der Waals surface area contributed by atoms with Crippen LogP contribution in [-0.4, -0.2) is 94.7 Å². The minimum Gasteiger partial charge on any atom is -0.464 e. The maximum atomic E-state index is 11.5. The van der Waals surface area contributed by atoms with Gasteiger partial charge in [-0.2, -0.15) is 0 Å². The van der Waals surface area contributed by atoms with Gasteiger partial charge in [0.1, 0.15) is 13.2 Å². The van der Waals surface area contributed by atoms with Gasteiger partial charge in [0.15, 0.2) is 0 Å². The van der Waals surface area contributed by atoms with Crippen LogP contribution in [-0.2, 0) is 38.1 Å². The van der Waals surface area contributed by atoms with Crippen LogP contribution in [0.5, 0.6) is 0 Å². The molecule has 0 heterocycles. The molecule has 0 aliphatic carbocycles. The molecule has 0 saturated heterocycles. The first kappa shape index (κ1) is 27.7. The van der Waals surface area contributed by atoms with Crippen molar-refractivity contribution in [2.24, 2.45) is 5.73 Å². The van der Waals surface area contributed by atoms with Gasteiger partial charge < -0.3 is 40.4 Å². The standard InChI is InChI=1S/C18H33N3O9/c19-5-9-29-17(25)3-1-15(23)21-7-11-28-13-14-30-18(26)4-2-16(24)20-6-10-27-12-8-22/h22H,1-14,19H2,(H,20,24)(H,21,23). The molecule has 5 N–H and O–H groups in total. The molecule has 0 unspecified atom stereocenters. The Bertz CT molecular complexity index is 503. The molecule has 0 bridgehead atoms. The zero-order valence-electron chi connectivity index (χ0n) is 17.2. The monoisotopic (exact) mass is 435 g/mol. The molecule has 12 nitrogen and oxygen atoms in total. The van der Waals surface area contributed by atoms with Crippen LogP contribution >= 0.6 is 0 Å². The van der Waals surface area contributed by atoms with E-state index in [0.29, 0.717) is 6.54 Å². The molecule has 0 aromatic rings. The van der Waals surface area contributed by atoms with Gasteiger partial charge in [-0.3, -0.25) is 19.2 Å². The zero-order valence-corrected chi connectivity index (χ0v) is 17.2. The fraction of sp³-hybridized carbons (Fsp3) is 0.778. The molecule has 0 radical (unpaired) electrons. The fourth-order valence-corrected chi connectivity index (χ4v) is 1.93. The second kappa shape index (κ2) is 20.0. The van der Waals surface area contributed by atoms with Crippen molar-refractivity contribution in [3.05, 3.63) is 0 Å². The lowest BCUT2D eigenvalue weighted by molar-refractivity contribution is -0.146. The Balaban J connectivity index is 3.48. The number of nitrogens with one attached hydrogen (secondary N) is 2. The van der Waals surface area contributed by atoms with E-state index in [0.717, 1.165) is 0 Å². The number of nitrogens with two attached hydrogens (primary N) is 1. The lowest BCUT2D eigenvalue weighted by Crippen LogP contribution is -2.28. The van der Waals surface area contributed by atoms with Gasteiger partial charge in [-0.15, -0.1) is 0 Å². The molecular formula is C18H33N3O9. The number of hydrogen-bond donors (Lipinski definition) is 4. The van der Waals surface area contributed by atoms with E-state index in [2.05, 4.69) is 10.6 Å². The Hall–Kier alpha value is -2.28. The van der Waals surface area contributed by atoms with E-state index >= 15 is 0 Å². The summed E-state index contributed by atoms with van der Waals surface area (Å²) in [5, 5.41) is 13.7. The van der Waals surface area contributed by atoms with Gasteiger partial charge >= 0.3 is 11.9 Å². The average Bonchev–Trinajstić information content (AvgIpc) is 2.73. The van der Waals surface area contributed by atoms with Crippen LogP contribution in [0.3, 0.4) is 0 Å². The first-order valence-corrected chi connectivity index (χ1v) is 9.80. The summed E-state index contributed by atoms with van der Waals surface area (Å²) in [6.07, 6.45) is -0.0406. The van der Waals surface area contributed by atoms with E-state index in [-0.39, 0.29) is 96.8 Å². The first-order chi connectivity index (χ1) is 14.5. The van der Waals surface area contributed by atoms with E-state index in [1.165, 1.54) is 0 Å². The van der Waals surface area contributed by atoms with Crippen LogP contribution in [0.2, 0.25) is 0 Å². The van der Waals surface area contributed by atoms with Crippen molar-refractivity contribution < 1.29 is 43.2 Å². The van der Waals surface area contributed by atoms with Crippen molar-refractivity contribution in [2.75, 3.05) is 65.9 Å². The van der Waals surface area contributed by atoms with Gasteiger partial charge in [-0.25, -0.2) is 0 Å². The lowest BCUT2D eigenvalue weighted by Gasteiger charge is -2.08. The normalized spacial score (nSPS) is 10.3. The summed E-state index contributed by atoms with van der Waals surface area (Å²) in [7, 11) is 0. The van der Waals surface area contributed by atoms with Gasteiger partial charge in [-0.1, -0.05) is 0 Å². The van der Waals surface area contributed by atoms with Gasteiger partial charge in [0, 0.05) is 32.5 Å². The highest BCUT2D eigenvalue weighted by atomic mass is 16.6. The van der Waals surface area contributed by atoms with Gasteiger partial charge in [-0.05, 0) is 0 Å². The molecule has 174 valence electrons. The molecule has 0 aliphatic heterocycles. The number of esters is 2. The van der Waals surface area contributed by atoms with E-state index in [4.69, 9.17) is 29.8 Å². The van der Waals surface area contributed by atoms with Gasteiger partial charge in [0.25, 0.3) is 0 Å². The van der Waals surface area contributed by atoms with E-state index in [9.17, 15) is 19.2 Å². The van der Waals surface area contributed by atoms with Crippen LogP contribution in [0.15, 0.2) is 0 Å². The van der Waals surface area contributed by atoms with Gasteiger partial charge in [0.05, 0.1) is 45.9 Å². The predicted octanol–water partition coefficient (Wildman–Crippen LogP) is -2.15. The second-order valence-corrected chi connectivity index (χ2v) is 5.88. The zero-order chi connectivity index (χ0) is 22.5. The maximum Gasteiger partial charge on any atom is 0.306 e. The largest absolute Gasteiger partial charge is 0.464 e. The third-order valence-electron chi connectivity index (χ3n) is 3.36. The molecular weight excluding hydrogens is 402 g/mol. The summed E-state index contributed by atoms with van der Waals surface area (Å²) >= 11 is 0. The first-order valence-electron chi connectivity index (χ1n) is 9.80. The molecule has 0 saturated carbocycles. The number of amides is 2. The topological polar surface area (TPSA) is 176 Å². The number of rotatable bonds is 19. The Morgan fingerprint density at radius 2 is 1.17 bits per heavy atom. The van der Waals surface area contributed by atoms with Crippen molar-refractivity contribution in [3.63, 3.8) is 0 Å². The van der Waals surface area contributed by atoms with Gasteiger partial charge in [0.2, 0.25) is 11.8 Å². The van der Waals surface area contributed by atoms with Crippen molar-refractivity contribution in [1.29, 1.82) is 0 Å². The fourth-order valence-electron chi connectivity index (χ4n) is 1.93. The van der Waals surface area contributed by atoms with Crippen LogP contribution in [0.4, 0.5) is 0 Å². The summed E-state index contributed by atoms with van der Waals surface area (Å²) in [4.78, 5) is 45.8. The summed E-state index contributed by atoms with van der Waals surface area (Å²) in [6, 6.07) is 0. The smallest absolute Gasteiger partial charge is 0.306 e. The molecule has 0 spiro atoms. The number of carbonyl (C=O) groups excluding carboxylic acids is 4. The highest BCUT2D eigenvalue weighted by Crippen LogP contribution is 1.94. The number of aliphatic hydroxyl groups excluding tert-OH is 1. The van der Waals surface area contributed by atoms with Crippen LogP contribution in [0, 0.1) is 0 Å². The number of carbonyl (C=O) groups is 4. The molecule has 0 fully saturated rings. The van der Waals surface area contributed by atoms with Crippen LogP contribution < -0.4 is 16.4 Å². The van der Waals surface area contributed by atoms with E-state index in [1.807, 2.05) is 0 Å². The van der Waals surface area contributed by atoms with E-state index < -0.39 is 11.9 Å². The van der Waals surface area contributed by atoms with Crippen molar-refractivity contribution >= 4 is 23.8 Å². The molecule has 0 aromatic heterocycles. The third kappa shape index (κ3) is 19.1. The Labute approximate surface area is 175 Å². The second-order valence-electron chi connectivity index (χ2n) is 5.88. The average molecular weight is 435 g/mol. The highest BCUT2D eigenvalue weighted by molar-refractivity contribution is 5.81. The number of ether oxygens (including phenoxy) is 4. The Morgan fingerprint density at radius 1 is 0.667 bits per heavy atom. The molecule has 30 heavy (non-hydrogen) atoms. The quantitative estimate of drug-likeness (QED) is 0.129. The Kier molecular flexibility index (Phi) is 18.5. The molecule has 0 atom stereocenters. The predicted molar refractivity (Wildman–Crippen MR) is 104 cm³/mol. The van der Waals surface area contributed by atoms with Crippen LogP contribution in [0.25, 0.3) is 0 Å². The minimum absolute atomic E-state index is 0.00544. The molecule has 12 heteroatoms. The summed E-state index contributed by atoms with van der Waals surface area (Å²) < 4.78 is 19.9. The minimum atomic E-state index is -0.514. The summed E-state index contributed by atoms with van der Waals surface area (Å²) in [6.45, 7) is 1.77. The lowest BCUT2D eigenvalue weighted by atomic mass is 10.3. The summed E-state index contributed by atoms with van der Waals surface area (Å²) in [5.41, 5.74) is 5.20. The SMILES string of the molecule is NCCOC(=O)CCC(=O)NCCOCCOC(=O)CCC(=O)NCCOCCO. The van der Waals surface area contributed by atoms with E-state index in [1.54, 1.807) is 0 Å². The number of aliphatic hydroxyl groups is 1. The highest BCUT2D eigenvalue weighted by Gasteiger charge is 2.08. The van der Waals surface area contributed by atoms with Crippen molar-refractivity contribution in [1.82, 2.24) is 10.6 Å². The van der Waals surface area contributed by atoms with Crippen molar-refractivity contribution in [3.8, 4) is 0 Å². The number of hydrogen-bond acceptors (Lipinski definition) is 10. The Morgan fingerprint density at radius 3 is 1.67 bits per heavy atom. The maximum absolute atomic E-state index is 11.5. The third-order valence-corrected chi connectivity index (χ3v) is 3.36.